The number of carbonyl (C=O) groups is 2. The van der Waals surface area contributed by atoms with Gasteiger partial charge in [-0.3, -0.25) is 13.9 Å². The Labute approximate surface area is 290 Å². The molecule has 0 aliphatic carbocycles. The number of hydrogen-bond donors (Lipinski definition) is 1. The van der Waals surface area contributed by atoms with Crippen molar-refractivity contribution >= 4 is 27.5 Å². The molecule has 260 valence electrons. The number of amides is 2. The predicted molar refractivity (Wildman–Crippen MR) is 194 cm³/mol. The van der Waals surface area contributed by atoms with Crippen molar-refractivity contribution in [2.75, 3.05) is 25.1 Å². The number of carbonyl (C=O) groups excluding carboxylic acids is 2. The van der Waals surface area contributed by atoms with Crippen LogP contribution in [0.4, 0.5) is 5.69 Å². The summed E-state index contributed by atoms with van der Waals surface area (Å²) in [6.45, 7) is 10.9. The molecule has 0 aliphatic heterocycles. The number of anilines is 1. The average Bonchev–Trinajstić information content (AvgIpc) is 3.04. The fourth-order valence-corrected chi connectivity index (χ4v) is 7.04. The molecule has 9 nitrogen and oxygen atoms in total. The molecule has 2 amide bonds. The molecule has 0 saturated carbocycles. The van der Waals surface area contributed by atoms with Gasteiger partial charge in [-0.25, -0.2) is 8.42 Å². The molecule has 1 atom stereocenters. The van der Waals surface area contributed by atoms with Crippen molar-refractivity contribution in [1.29, 1.82) is 0 Å². The van der Waals surface area contributed by atoms with Gasteiger partial charge in [0, 0.05) is 24.6 Å². The molecule has 0 radical (unpaired) electrons. The molecular formula is C39H47N3O6S. The molecule has 0 fully saturated rings. The standard InChI is InChI=1S/C39H47N3O6S/c1-27-14-16-31(17-15-27)25-41(34(38(44)40-39(4,5)6)23-30-12-10-9-11-13-30)37(43)26-42(32-21-28(2)20-29(3)22-32)49(45,46)33-18-19-35(47-7)36(24-33)48-8/h9-22,24,34H,23,25-26H2,1-8H3,(H,40,44). The summed E-state index contributed by atoms with van der Waals surface area (Å²) in [5.74, 6) is -0.266. The van der Waals surface area contributed by atoms with Crippen molar-refractivity contribution in [2.24, 2.45) is 0 Å². The van der Waals surface area contributed by atoms with E-state index >= 15 is 0 Å². The Balaban J connectivity index is 1.86. The fraction of sp³-hybridized carbons (Fsp3) is 0.333. The second-order valence-corrected chi connectivity index (χ2v) is 15.2. The van der Waals surface area contributed by atoms with Gasteiger partial charge < -0.3 is 19.7 Å². The maximum atomic E-state index is 14.8. The number of aryl methyl sites for hydroxylation is 3. The maximum Gasteiger partial charge on any atom is 0.264 e. The van der Waals surface area contributed by atoms with Gasteiger partial charge in [-0.05, 0) is 88.1 Å². The Kier molecular flexibility index (Phi) is 11.8. The summed E-state index contributed by atoms with van der Waals surface area (Å²) in [7, 11) is -1.44. The molecule has 0 aliphatic rings. The highest BCUT2D eigenvalue weighted by Crippen LogP contribution is 2.33. The number of hydrogen-bond acceptors (Lipinski definition) is 6. The van der Waals surface area contributed by atoms with Gasteiger partial charge in [-0.15, -0.1) is 0 Å². The molecule has 4 aromatic carbocycles. The Morgan fingerprint density at radius 1 is 0.755 bits per heavy atom. The van der Waals surface area contributed by atoms with E-state index in [0.29, 0.717) is 11.4 Å². The minimum atomic E-state index is -4.34. The zero-order valence-electron chi connectivity index (χ0n) is 29.6. The molecule has 0 aromatic heterocycles. The highest BCUT2D eigenvalue weighted by atomic mass is 32.2. The number of ether oxygens (including phenoxy) is 2. The largest absolute Gasteiger partial charge is 0.493 e. The number of nitrogens with zero attached hydrogens (tertiary/aromatic N) is 2. The van der Waals surface area contributed by atoms with Crippen molar-refractivity contribution < 1.29 is 27.5 Å². The van der Waals surface area contributed by atoms with Crippen LogP contribution in [-0.4, -0.2) is 57.5 Å². The van der Waals surface area contributed by atoms with E-state index in [1.54, 1.807) is 12.1 Å². The first-order chi connectivity index (χ1) is 23.1. The molecule has 1 N–H and O–H groups in total. The second kappa shape index (κ2) is 15.6. The minimum Gasteiger partial charge on any atom is -0.493 e. The Morgan fingerprint density at radius 2 is 1.37 bits per heavy atom. The molecular weight excluding hydrogens is 639 g/mol. The van der Waals surface area contributed by atoms with Crippen molar-refractivity contribution in [3.8, 4) is 11.5 Å². The molecule has 4 rings (SSSR count). The van der Waals surface area contributed by atoms with E-state index in [4.69, 9.17) is 9.47 Å². The smallest absolute Gasteiger partial charge is 0.264 e. The molecule has 0 saturated heterocycles. The highest BCUT2D eigenvalue weighted by Gasteiger charge is 2.36. The van der Waals surface area contributed by atoms with E-state index in [9.17, 15) is 18.0 Å². The third-order valence-corrected chi connectivity index (χ3v) is 9.73. The zero-order chi connectivity index (χ0) is 35.9. The fourth-order valence-electron chi connectivity index (χ4n) is 5.62. The molecule has 0 heterocycles. The summed E-state index contributed by atoms with van der Waals surface area (Å²) in [4.78, 5) is 30.3. The van der Waals surface area contributed by atoms with Crippen LogP contribution in [0.3, 0.4) is 0 Å². The summed E-state index contributed by atoms with van der Waals surface area (Å²) in [5, 5.41) is 3.06. The van der Waals surface area contributed by atoms with Crippen LogP contribution in [0, 0.1) is 20.8 Å². The lowest BCUT2D eigenvalue weighted by molar-refractivity contribution is -0.140. The third-order valence-electron chi connectivity index (χ3n) is 7.96. The van der Waals surface area contributed by atoms with Gasteiger partial charge in [-0.1, -0.05) is 66.2 Å². The summed E-state index contributed by atoms with van der Waals surface area (Å²) in [6.07, 6.45) is 0.229. The zero-order valence-corrected chi connectivity index (χ0v) is 30.4. The molecule has 4 aromatic rings. The number of sulfonamides is 1. The quantitative estimate of drug-likeness (QED) is 0.175. The van der Waals surface area contributed by atoms with Crippen LogP contribution in [0.1, 0.15) is 48.6 Å². The van der Waals surface area contributed by atoms with E-state index in [1.165, 1.54) is 37.3 Å². The first-order valence-electron chi connectivity index (χ1n) is 16.2. The summed E-state index contributed by atoms with van der Waals surface area (Å²) in [5.41, 5.74) is 4.14. The van der Waals surface area contributed by atoms with Crippen LogP contribution >= 0.6 is 0 Å². The van der Waals surface area contributed by atoms with Crippen LogP contribution < -0.4 is 19.1 Å². The Bertz CT molecular complexity index is 1850. The monoisotopic (exact) mass is 685 g/mol. The lowest BCUT2D eigenvalue weighted by Gasteiger charge is -2.35. The van der Waals surface area contributed by atoms with Crippen LogP contribution in [-0.2, 0) is 32.6 Å². The maximum absolute atomic E-state index is 14.8. The van der Waals surface area contributed by atoms with E-state index in [0.717, 1.165) is 32.1 Å². The normalized spacial score (nSPS) is 12.2. The molecule has 1 unspecified atom stereocenters. The van der Waals surface area contributed by atoms with E-state index in [2.05, 4.69) is 5.32 Å². The van der Waals surface area contributed by atoms with E-state index < -0.39 is 34.1 Å². The van der Waals surface area contributed by atoms with Gasteiger partial charge in [-0.2, -0.15) is 0 Å². The van der Waals surface area contributed by atoms with E-state index in [1.807, 2.05) is 102 Å². The first kappa shape index (κ1) is 37.0. The third kappa shape index (κ3) is 9.63. The van der Waals surface area contributed by atoms with Crippen LogP contribution in [0.2, 0.25) is 0 Å². The van der Waals surface area contributed by atoms with Gasteiger partial charge in [0.05, 0.1) is 24.8 Å². The van der Waals surface area contributed by atoms with Crippen molar-refractivity contribution in [3.05, 3.63) is 119 Å². The summed E-state index contributed by atoms with van der Waals surface area (Å²) in [6, 6.07) is 26.0. The Hall–Kier alpha value is -4.83. The summed E-state index contributed by atoms with van der Waals surface area (Å²) >= 11 is 0. The van der Waals surface area contributed by atoms with Crippen molar-refractivity contribution in [2.45, 2.75) is 71.0 Å². The average molecular weight is 686 g/mol. The number of methoxy groups -OCH3 is 2. The van der Waals surface area contributed by atoms with Gasteiger partial charge in [0.15, 0.2) is 11.5 Å². The van der Waals surface area contributed by atoms with Gasteiger partial charge in [0.1, 0.15) is 12.6 Å². The number of benzene rings is 4. The predicted octanol–water partition coefficient (Wildman–Crippen LogP) is 6.38. The molecule has 10 heteroatoms. The number of rotatable bonds is 13. The Morgan fingerprint density at radius 3 is 1.94 bits per heavy atom. The second-order valence-electron chi connectivity index (χ2n) is 13.3. The first-order valence-corrected chi connectivity index (χ1v) is 17.6. The van der Waals surface area contributed by atoms with Crippen molar-refractivity contribution in [3.63, 3.8) is 0 Å². The van der Waals surface area contributed by atoms with E-state index in [-0.39, 0.29) is 29.5 Å². The van der Waals surface area contributed by atoms with Crippen LogP contribution in [0.15, 0.2) is 95.9 Å². The molecule has 0 bridgehead atoms. The van der Waals surface area contributed by atoms with Gasteiger partial charge in [0.2, 0.25) is 11.8 Å². The highest BCUT2D eigenvalue weighted by molar-refractivity contribution is 7.92. The SMILES string of the molecule is COc1ccc(S(=O)(=O)N(CC(=O)N(Cc2ccc(C)cc2)C(Cc2ccccc2)C(=O)NC(C)(C)C)c2cc(C)cc(C)c2)cc1OC. The minimum absolute atomic E-state index is 0.0755. The summed E-state index contributed by atoms with van der Waals surface area (Å²) < 4.78 is 40.9. The lowest BCUT2D eigenvalue weighted by atomic mass is 10.0. The molecule has 0 spiro atoms. The number of nitrogens with one attached hydrogen (secondary N) is 1. The van der Waals surface area contributed by atoms with Crippen LogP contribution in [0.5, 0.6) is 11.5 Å². The topological polar surface area (TPSA) is 105 Å². The van der Waals surface area contributed by atoms with Gasteiger partial charge in [0.25, 0.3) is 10.0 Å². The molecule has 49 heavy (non-hydrogen) atoms. The van der Waals surface area contributed by atoms with Crippen LogP contribution in [0.25, 0.3) is 0 Å². The van der Waals surface area contributed by atoms with Crippen molar-refractivity contribution in [1.82, 2.24) is 10.2 Å². The lowest BCUT2D eigenvalue weighted by Crippen LogP contribution is -2.56. The van der Waals surface area contributed by atoms with Gasteiger partial charge >= 0.3 is 0 Å².